The van der Waals surface area contributed by atoms with Gasteiger partial charge in [-0.3, -0.25) is 19.7 Å². The zero-order valence-electron chi connectivity index (χ0n) is 19.8. The molecule has 1 heterocycles. The predicted molar refractivity (Wildman–Crippen MR) is 121 cm³/mol. The maximum atomic E-state index is 13.6. The fourth-order valence-corrected chi connectivity index (χ4v) is 4.58. The number of hydrogen-bond acceptors (Lipinski definition) is 9. The van der Waals surface area contributed by atoms with Gasteiger partial charge in [0.25, 0.3) is 5.69 Å². The second kappa shape index (κ2) is 10.2. The Kier molecular flexibility index (Phi) is 7.51. The van der Waals surface area contributed by atoms with Gasteiger partial charge >= 0.3 is 11.9 Å². The quantitative estimate of drug-likeness (QED) is 0.209. The van der Waals surface area contributed by atoms with Crippen LogP contribution in [0.2, 0.25) is 0 Å². The first-order valence-electron chi connectivity index (χ1n) is 10.9. The summed E-state index contributed by atoms with van der Waals surface area (Å²) in [6, 6.07) is 4.59. The van der Waals surface area contributed by atoms with Crippen LogP contribution in [0.3, 0.4) is 0 Å². The molecule has 1 N–H and O–H groups in total. The van der Waals surface area contributed by atoms with Gasteiger partial charge in [-0.15, -0.1) is 0 Å². The van der Waals surface area contributed by atoms with Crippen LogP contribution in [0.5, 0.6) is 0 Å². The van der Waals surface area contributed by atoms with Gasteiger partial charge in [-0.2, -0.15) is 0 Å². The highest BCUT2D eigenvalue weighted by Gasteiger charge is 2.47. The average Bonchev–Trinajstić information content (AvgIpc) is 2.78. The van der Waals surface area contributed by atoms with Gasteiger partial charge in [-0.05, 0) is 31.7 Å². The maximum absolute atomic E-state index is 13.6. The summed E-state index contributed by atoms with van der Waals surface area (Å²) in [7, 11) is 2.69. The summed E-state index contributed by atoms with van der Waals surface area (Å²) in [5.74, 6) is -4.13. The molecule has 0 amide bonds. The smallest absolute Gasteiger partial charge is 0.336 e. The number of ketones is 1. The molecule has 0 unspecified atom stereocenters. The van der Waals surface area contributed by atoms with Crippen LogP contribution < -0.4 is 5.32 Å². The number of carbonyl (C=O) groups is 3. The first-order chi connectivity index (χ1) is 16.1. The number of benzene rings is 1. The Balaban J connectivity index is 2.19. The van der Waals surface area contributed by atoms with Gasteiger partial charge in [0.05, 0.1) is 24.2 Å². The summed E-state index contributed by atoms with van der Waals surface area (Å²) in [6.45, 7) is 5.25. The van der Waals surface area contributed by atoms with Gasteiger partial charge in [0.1, 0.15) is 12.5 Å². The summed E-state index contributed by atoms with van der Waals surface area (Å²) in [5.41, 5.74) is 2.12. The minimum absolute atomic E-state index is 0.00541. The van der Waals surface area contributed by atoms with Gasteiger partial charge < -0.3 is 19.5 Å². The van der Waals surface area contributed by atoms with Crippen molar-refractivity contribution >= 4 is 23.4 Å². The van der Waals surface area contributed by atoms with Gasteiger partial charge in [-0.25, -0.2) is 4.79 Å². The highest BCUT2D eigenvalue weighted by molar-refractivity contribution is 6.12. The number of methoxy groups -OCH3 is 2. The van der Waals surface area contributed by atoms with Crippen LogP contribution >= 0.6 is 0 Å². The highest BCUT2D eigenvalue weighted by atomic mass is 16.6. The van der Waals surface area contributed by atoms with E-state index < -0.39 is 34.5 Å². The van der Waals surface area contributed by atoms with Gasteiger partial charge in [0.15, 0.2) is 5.78 Å². The molecule has 0 saturated heterocycles. The van der Waals surface area contributed by atoms with E-state index in [0.717, 1.165) is 0 Å². The molecule has 2 aliphatic rings. The number of nitrogens with zero attached hydrogens (tertiary/aromatic N) is 1. The van der Waals surface area contributed by atoms with Gasteiger partial charge in [-0.1, -0.05) is 19.1 Å². The van der Waals surface area contributed by atoms with Crippen molar-refractivity contribution in [2.75, 3.05) is 27.4 Å². The number of nitrogens with one attached hydrogen (secondary N) is 1. The Bertz CT molecular complexity index is 1100. The van der Waals surface area contributed by atoms with Crippen molar-refractivity contribution in [3.8, 4) is 0 Å². The van der Waals surface area contributed by atoms with Gasteiger partial charge in [0, 0.05) is 41.6 Å². The third-order valence-corrected chi connectivity index (χ3v) is 6.25. The Labute approximate surface area is 197 Å². The lowest BCUT2D eigenvalue weighted by molar-refractivity contribution is -0.385. The predicted octanol–water partition coefficient (Wildman–Crippen LogP) is 2.71. The first-order valence-corrected chi connectivity index (χ1v) is 10.9. The minimum Gasteiger partial charge on any atom is -0.468 e. The van der Waals surface area contributed by atoms with E-state index in [-0.39, 0.29) is 36.0 Å². The molecule has 0 spiro atoms. The number of nitro benzene ring substituents is 1. The number of Topliss-reactive ketones (excluding diaryl/α,β-unsaturated/α-hetero) is 1. The van der Waals surface area contributed by atoms with E-state index in [0.29, 0.717) is 28.9 Å². The monoisotopic (exact) mass is 472 g/mol. The molecule has 0 bridgehead atoms. The van der Waals surface area contributed by atoms with Crippen molar-refractivity contribution in [3.05, 3.63) is 62.0 Å². The molecule has 10 nitrogen and oxygen atoms in total. The molecule has 182 valence electrons. The molecule has 3 atom stereocenters. The second-order valence-electron chi connectivity index (χ2n) is 8.47. The minimum atomic E-state index is -1.04. The molecule has 1 aromatic rings. The number of esters is 2. The molecular weight excluding hydrogens is 444 g/mol. The molecule has 0 saturated carbocycles. The topological polar surface area (TPSA) is 134 Å². The zero-order chi connectivity index (χ0) is 25.2. The third kappa shape index (κ3) is 4.58. The molecule has 1 aliphatic carbocycles. The van der Waals surface area contributed by atoms with E-state index in [9.17, 15) is 24.5 Å². The fraction of sp³-hybridized carbons (Fsp3) is 0.458. The molecule has 3 rings (SSSR count). The number of carbonyl (C=O) groups excluding carboxylic acids is 3. The summed E-state index contributed by atoms with van der Waals surface area (Å²) in [4.78, 5) is 50.3. The lowest BCUT2D eigenvalue weighted by Gasteiger charge is -2.38. The highest BCUT2D eigenvalue weighted by Crippen LogP contribution is 2.46. The number of hydrogen-bond donors (Lipinski definition) is 1. The molecule has 0 fully saturated rings. The van der Waals surface area contributed by atoms with Crippen molar-refractivity contribution in [3.63, 3.8) is 0 Å². The number of allylic oxidation sites excluding steroid dienone is 3. The third-order valence-electron chi connectivity index (χ3n) is 6.25. The van der Waals surface area contributed by atoms with E-state index in [2.05, 4.69) is 5.32 Å². The lowest BCUT2D eigenvalue weighted by Crippen LogP contribution is -2.43. The Morgan fingerprint density at radius 3 is 2.53 bits per heavy atom. The standard InChI is InChI=1S/C24H28N2O8/c1-12-6-7-15(11-17(12)26(30)31)20-19(24(29)34-9-8-32-4)14(3)25-16-10-13(2)18(23(28)33-5)22(27)21(16)20/h6-7,11,13,18,20,25H,8-10H2,1-5H3/t13-,18+,20-/m0/s1. The van der Waals surface area contributed by atoms with Crippen molar-refractivity contribution in [2.45, 2.75) is 33.1 Å². The lowest BCUT2D eigenvalue weighted by atomic mass is 9.69. The van der Waals surface area contributed by atoms with Crippen LogP contribution in [0, 0.1) is 28.9 Å². The first kappa shape index (κ1) is 25.1. The van der Waals surface area contributed by atoms with Crippen molar-refractivity contribution in [1.82, 2.24) is 5.32 Å². The van der Waals surface area contributed by atoms with Crippen LogP contribution in [0.25, 0.3) is 0 Å². The van der Waals surface area contributed by atoms with E-state index in [1.54, 1.807) is 32.9 Å². The molecule has 34 heavy (non-hydrogen) atoms. The van der Waals surface area contributed by atoms with Crippen molar-refractivity contribution < 1.29 is 33.5 Å². The van der Waals surface area contributed by atoms with Crippen molar-refractivity contribution in [1.29, 1.82) is 0 Å². The Hall–Kier alpha value is -3.53. The summed E-state index contributed by atoms with van der Waals surface area (Å²) in [6.07, 6.45) is 0.370. The fourth-order valence-electron chi connectivity index (χ4n) is 4.58. The molecule has 1 aliphatic heterocycles. The Morgan fingerprint density at radius 1 is 1.21 bits per heavy atom. The molecular formula is C24H28N2O8. The zero-order valence-corrected chi connectivity index (χ0v) is 19.8. The van der Waals surface area contributed by atoms with E-state index >= 15 is 0 Å². The van der Waals surface area contributed by atoms with Crippen molar-refractivity contribution in [2.24, 2.45) is 11.8 Å². The SMILES string of the molecule is COCCOC(=O)C1=C(C)NC2=C(C(=O)[C@H](C(=O)OC)[C@@H](C)C2)[C@H]1c1ccc(C)c([N+](=O)[O-])c1. The summed E-state index contributed by atoms with van der Waals surface area (Å²) < 4.78 is 15.2. The van der Waals surface area contributed by atoms with E-state index in [4.69, 9.17) is 14.2 Å². The Morgan fingerprint density at radius 2 is 1.91 bits per heavy atom. The van der Waals surface area contributed by atoms with Gasteiger partial charge in [0.2, 0.25) is 0 Å². The largest absolute Gasteiger partial charge is 0.468 e. The second-order valence-corrected chi connectivity index (χ2v) is 8.47. The summed E-state index contributed by atoms with van der Waals surface area (Å²) >= 11 is 0. The maximum Gasteiger partial charge on any atom is 0.336 e. The number of rotatable bonds is 7. The molecule has 10 heteroatoms. The molecule has 0 radical (unpaired) electrons. The number of nitro groups is 1. The van der Waals surface area contributed by atoms with Crippen LogP contribution in [0.1, 0.15) is 37.3 Å². The molecule has 0 aromatic heterocycles. The number of dihydropyridines is 1. The average molecular weight is 472 g/mol. The van der Waals surface area contributed by atoms with E-state index in [1.807, 2.05) is 0 Å². The van der Waals surface area contributed by atoms with Crippen LogP contribution in [0.4, 0.5) is 5.69 Å². The summed E-state index contributed by atoms with van der Waals surface area (Å²) in [5, 5.41) is 14.8. The van der Waals surface area contributed by atoms with Crippen LogP contribution in [0.15, 0.2) is 40.7 Å². The van der Waals surface area contributed by atoms with Crippen LogP contribution in [-0.4, -0.2) is 50.1 Å². The normalized spacial score (nSPS) is 22.1. The molecule has 1 aromatic carbocycles. The van der Waals surface area contributed by atoms with E-state index in [1.165, 1.54) is 20.3 Å². The number of ether oxygens (including phenoxy) is 3. The van der Waals surface area contributed by atoms with Crippen LogP contribution in [-0.2, 0) is 28.6 Å². The number of aryl methyl sites for hydroxylation is 1.